The van der Waals surface area contributed by atoms with Crippen molar-refractivity contribution in [3.63, 3.8) is 0 Å². The zero-order valence-electron chi connectivity index (χ0n) is 14.3. The molecular formula is C17H24FIN4S. The Bertz CT molecular complexity index is 642. The smallest absolute Gasteiger partial charge is 0.193 e. The van der Waals surface area contributed by atoms with E-state index in [0.717, 1.165) is 29.5 Å². The molecule has 0 amide bonds. The fourth-order valence-electron chi connectivity index (χ4n) is 2.18. The van der Waals surface area contributed by atoms with Gasteiger partial charge in [-0.3, -0.25) is 4.99 Å². The van der Waals surface area contributed by atoms with E-state index in [0.29, 0.717) is 13.1 Å². The predicted molar refractivity (Wildman–Crippen MR) is 110 cm³/mol. The van der Waals surface area contributed by atoms with Crippen molar-refractivity contribution in [3.05, 3.63) is 51.7 Å². The number of aromatic nitrogens is 1. The number of rotatable bonds is 6. The van der Waals surface area contributed by atoms with Gasteiger partial charge in [-0.15, -0.1) is 35.3 Å². The van der Waals surface area contributed by atoms with Crippen LogP contribution in [0.25, 0.3) is 0 Å². The number of nitrogens with one attached hydrogen (secondary N) is 1. The molecule has 2 aromatic rings. The van der Waals surface area contributed by atoms with Crippen LogP contribution in [-0.4, -0.2) is 36.0 Å². The normalized spacial score (nSPS) is 11.1. The number of hydrogen-bond donors (Lipinski definition) is 1. The Labute approximate surface area is 164 Å². The number of thiazole rings is 1. The van der Waals surface area contributed by atoms with Gasteiger partial charge in [0.05, 0.1) is 5.01 Å². The third-order valence-corrected chi connectivity index (χ3v) is 4.26. The molecule has 1 aromatic heterocycles. The summed E-state index contributed by atoms with van der Waals surface area (Å²) in [4.78, 5) is 12.3. The van der Waals surface area contributed by atoms with Gasteiger partial charge in [0, 0.05) is 44.2 Å². The average molecular weight is 462 g/mol. The highest BCUT2D eigenvalue weighted by molar-refractivity contribution is 14.0. The second-order valence-corrected chi connectivity index (χ2v) is 6.65. The fraction of sp³-hybridized carbons (Fsp3) is 0.412. The van der Waals surface area contributed by atoms with Crippen LogP contribution in [-0.2, 0) is 13.0 Å². The highest BCUT2D eigenvalue weighted by Crippen LogP contribution is 2.11. The number of nitrogens with zero attached hydrogens (tertiary/aromatic N) is 3. The second kappa shape index (κ2) is 10.6. The van der Waals surface area contributed by atoms with Crippen LogP contribution >= 0.6 is 35.3 Å². The largest absolute Gasteiger partial charge is 0.357 e. The summed E-state index contributed by atoms with van der Waals surface area (Å²) in [6.07, 6.45) is 2.74. The summed E-state index contributed by atoms with van der Waals surface area (Å²) < 4.78 is 13.0. The van der Waals surface area contributed by atoms with Crippen molar-refractivity contribution in [3.8, 4) is 0 Å². The lowest BCUT2D eigenvalue weighted by molar-refractivity contribution is 0.476. The minimum atomic E-state index is -0.212. The first-order valence-corrected chi connectivity index (χ1v) is 8.55. The summed E-state index contributed by atoms with van der Waals surface area (Å²) in [6.45, 7) is 6.30. The van der Waals surface area contributed by atoms with Gasteiger partial charge < -0.3 is 10.2 Å². The molecule has 0 aliphatic heterocycles. The lowest BCUT2D eigenvalue weighted by Crippen LogP contribution is -2.38. The van der Waals surface area contributed by atoms with Gasteiger partial charge in [-0.2, -0.15) is 0 Å². The van der Waals surface area contributed by atoms with Crippen molar-refractivity contribution in [2.45, 2.75) is 26.8 Å². The van der Waals surface area contributed by atoms with Crippen molar-refractivity contribution in [2.24, 2.45) is 4.99 Å². The maximum absolute atomic E-state index is 13.0. The Morgan fingerprint density at radius 3 is 2.62 bits per heavy atom. The van der Waals surface area contributed by atoms with Gasteiger partial charge in [-0.1, -0.05) is 12.1 Å². The Morgan fingerprint density at radius 1 is 1.33 bits per heavy atom. The van der Waals surface area contributed by atoms with E-state index < -0.39 is 0 Å². The molecule has 0 fully saturated rings. The highest BCUT2D eigenvalue weighted by atomic mass is 127. The number of hydrogen-bond acceptors (Lipinski definition) is 3. The molecule has 7 heteroatoms. The first-order valence-electron chi connectivity index (χ1n) is 7.73. The van der Waals surface area contributed by atoms with Crippen LogP contribution in [0.2, 0.25) is 0 Å². The summed E-state index contributed by atoms with van der Waals surface area (Å²) in [5.74, 6) is 0.640. The molecule has 4 nitrogen and oxygen atoms in total. The van der Waals surface area contributed by atoms with E-state index >= 15 is 0 Å². The third-order valence-electron chi connectivity index (χ3n) is 3.29. The van der Waals surface area contributed by atoms with Gasteiger partial charge in [0.25, 0.3) is 0 Å². The average Bonchev–Trinajstić information content (AvgIpc) is 2.94. The van der Waals surface area contributed by atoms with Crippen LogP contribution in [0.1, 0.15) is 22.4 Å². The van der Waals surface area contributed by atoms with Gasteiger partial charge in [0.1, 0.15) is 5.82 Å². The summed E-state index contributed by atoms with van der Waals surface area (Å²) in [5, 5.41) is 4.40. The van der Waals surface area contributed by atoms with Gasteiger partial charge in [0.2, 0.25) is 0 Å². The second-order valence-electron chi connectivity index (χ2n) is 5.33. The molecule has 0 saturated heterocycles. The van der Waals surface area contributed by atoms with E-state index in [1.165, 1.54) is 17.0 Å². The molecule has 132 valence electrons. The molecule has 0 saturated carbocycles. The Balaban J connectivity index is 0.00000288. The molecule has 0 radical (unpaired) electrons. The topological polar surface area (TPSA) is 40.5 Å². The number of aryl methyl sites for hydroxylation is 1. The fourth-order valence-corrected chi connectivity index (χ4v) is 2.96. The quantitative estimate of drug-likeness (QED) is 0.403. The first-order chi connectivity index (χ1) is 11.1. The molecular weight excluding hydrogens is 438 g/mol. The van der Waals surface area contributed by atoms with E-state index in [9.17, 15) is 4.39 Å². The van der Waals surface area contributed by atoms with Crippen molar-refractivity contribution in [1.29, 1.82) is 0 Å². The van der Waals surface area contributed by atoms with E-state index in [1.54, 1.807) is 23.5 Å². The van der Waals surface area contributed by atoms with E-state index in [1.807, 2.05) is 25.1 Å². The SMILES string of the molecule is CCNC(=NCCc1ncc(C)s1)N(C)Cc1ccc(F)cc1.I. The Morgan fingerprint density at radius 2 is 2.04 bits per heavy atom. The zero-order valence-corrected chi connectivity index (χ0v) is 17.4. The summed E-state index contributed by atoms with van der Waals surface area (Å²) in [6, 6.07) is 6.57. The molecule has 1 aromatic carbocycles. The van der Waals surface area contributed by atoms with Crippen LogP contribution in [0.4, 0.5) is 4.39 Å². The van der Waals surface area contributed by atoms with Crippen LogP contribution in [0.5, 0.6) is 0 Å². The number of halogens is 2. The molecule has 0 spiro atoms. The molecule has 0 bridgehead atoms. The molecule has 1 heterocycles. The third kappa shape index (κ3) is 6.72. The van der Waals surface area contributed by atoms with E-state index in [-0.39, 0.29) is 29.8 Å². The van der Waals surface area contributed by atoms with Gasteiger partial charge in [-0.25, -0.2) is 9.37 Å². The monoisotopic (exact) mass is 462 g/mol. The van der Waals surface area contributed by atoms with Crippen molar-refractivity contribution in [2.75, 3.05) is 20.1 Å². The van der Waals surface area contributed by atoms with Gasteiger partial charge in [0.15, 0.2) is 5.96 Å². The molecule has 24 heavy (non-hydrogen) atoms. The number of guanidine groups is 1. The van der Waals surface area contributed by atoms with Crippen LogP contribution in [0.3, 0.4) is 0 Å². The molecule has 1 N–H and O–H groups in total. The van der Waals surface area contributed by atoms with Crippen molar-refractivity contribution >= 4 is 41.3 Å². The van der Waals surface area contributed by atoms with Crippen molar-refractivity contribution < 1.29 is 4.39 Å². The van der Waals surface area contributed by atoms with E-state index in [4.69, 9.17) is 0 Å². The minimum Gasteiger partial charge on any atom is -0.357 e. The van der Waals surface area contributed by atoms with Crippen LogP contribution in [0.15, 0.2) is 35.5 Å². The maximum Gasteiger partial charge on any atom is 0.193 e. The maximum atomic E-state index is 13.0. The van der Waals surface area contributed by atoms with Crippen molar-refractivity contribution in [1.82, 2.24) is 15.2 Å². The molecule has 0 unspecified atom stereocenters. The van der Waals surface area contributed by atoms with Crippen LogP contribution in [0, 0.1) is 12.7 Å². The first kappa shape index (κ1) is 20.8. The lowest BCUT2D eigenvalue weighted by Gasteiger charge is -2.22. The number of benzene rings is 1. The molecule has 0 aliphatic rings. The summed E-state index contributed by atoms with van der Waals surface area (Å²) in [5.41, 5.74) is 1.05. The Hall–Kier alpha value is -1.22. The lowest BCUT2D eigenvalue weighted by atomic mass is 10.2. The molecule has 0 aliphatic carbocycles. The van der Waals surface area contributed by atoms with Gasteiger partial charge >= 0.3 is 0 Å². The minimum absolute atomic E-state index is 0. The predicted octanol–water partition coefficient (Wildman–Crippen LogP) is 3.85. The zero-order chi connectivity index (χ0) is 16.7. The summed E-state index contributed by atoms with van der Waals surface area (Å²) >= 11 is 1.72. The Kier molecular flexibility index (Phi) is 9.20. The standard InChI is InChI=1S/C17H23FN4S.HI/c1-4-19-17(20-10-9-16-21-11-13(2)23-16)22(3)12-14-5-7-15(18)8-6-14;/h5-8,11H,4,9-10,12H2,1-3H3,(H,19,20);1H. The summed E-state index contributed by atoms with van der Waals surface area (Å²) in [7, 11) is 1.98. The number of aliphatic imine (C=N–C) groups is 1. The van der Waals surface area contributed by atoms with E-state index in [2.05, 4.69) is 22.2 Å². The van der Waals surface area contributed by atoms with Crippen LogP contribution < -0.4 is 5.32 Å². The molecule has 2 rings (SSSR count). The molecule has 0 atom stereocenters. The highest BCUT2D eigenvalue weighted by Gasteiger charge is 2.07. The van der Waals surface area contributed by atoms with Gasteiger partial charge in [-0.05, 0) is 31.5 Å².